The molecule has 0 spiro atoms. The van der Waals surface area contributed by atoms with E-state index < -0.39 is 0 Å². The maximum atomic E-state index is 12.2. The summed E-state index contributed by atoms with van der Waals surface area (Å²) >= 11 is 0. The van der Waals surface area contributed by atoms with Crippen LogP contribution in [0.1, 0.15) is 54.6 Å². The fourth-order valence-corrected chi connectivity index (χ4v) is 3.55. The molecule has 3 rings (SSSR count). The van der Waals surface area contributed by atoms with Gasteiger partial charge in [-0.25, -0.2) is 0 Å². The molecule has 5 nitrogen and oxygen atoms in total. The molecule has 1 aromatic heterocycles. The summed E-state index contributed by atoms with van der Waals surface area (Å²) in [7, 11) is 0. The lowest BCUT2D eigenvalue weighted by atomic mass is 10.0. The van der Waals surface area contributed by atoms with Crippen LogP contribution in [0.5, 0.6) is 0 Å². The molecule has 5 heteroatoms. The van der Waals surface area contributed by atoms with Crippen molar-refractivity contribution in [3.63, 3.8) is 0 Å². The number of nitrogens with two attached hydrogens (primary N) is 1. The van der Waals surface area contributed by atoms with Gasteiger partial charge in [-0.2, -0.15) is 0 Å². The van der Waals surface area contributed by atoms with Crippen molar-refractivity contribution in [2.24, 2.45) is 5.73 Å². The van der Waals surface area contributed by atoms with Crippen LogP contribution in [0, 0.1) is 0 Å². The molecule has 1 amide bonds. The Morgan fingerprint density at radius 1 is 1.29 bits per heavy atom. The predicted molar refractivity (Wildman–Crippen MR) is 80.9 cm³/mol. The average Bonchev–Trinajstić information content (AvgIpc) is 3.19. The summed E-state index contributed by atoms with van der Waals surface area (Å²) in [6.07, 6.45) is 9.05. The number of carbonyl (C=O) groups is 1. The Kier molecular flexibility index (Phi) is 4.60. The Morgan fingerprint density at radius 3 is 2.62 bits per heavy atom. The maximum Gasteiger partial charge on any atom is 0.254 e. The minimum atomic E-state index is -0.0437. The molecule has 2 aliphatic rings. The van der Waals surface area contributed by atoms with Crippen molar-refractivity contribution in [1.29, 1.82) is 0 Å². The van der Waals surface area contributed by atoms with Gasteiger partial charge in [-0.05, 0) is 31.7 Å². The van der Waals surface area contributed by atoms with E-state index in [9.17, 15) is 4.79 Å². The first-order chi connectivity index (χ1) is 10.3. The van der Waals surface area contributed by atoms with Crippen molar-refractivity contribution in [3.05, 3.63) is 23.7 Å². The van der Waals surface area contributed by atoms with E-state index in [4.69, 9.17) is 10.2 Å². The molecule has 1 aliphatic carbocycles. The SMILES string of the molecule is NCc1cc(C(=O)NC2CCN(C3CCCC3)CC2)co1. The van der Waals surface area contributed by atoms with Gasteiger partial charge in [0.1, 0.15) is 12.0 Å². The van der Waals surface area contributed by atoms with E-state index in [1.807, 2.05) is 0 Å². The molecule has 3 N–H and O–H groups in total. The van der Waals surface area contributed by atoms with Gasteiger partial charge in [0, 0.05) is 25.2 Å². The van der Waals surface area contributed by atoms with Crippen LogP contribution in [-0.4, -0.2) is 36.0 Å². The normalized spacial score (nSPS) is 21.8. The highest BCUT2D eigenvalue weighted by Gasteiger charge is 2.27. The number of furan rings is 1. The highest BCUT2D eigenvalue weighted by atomic mass is 16.3. The molecule has 1 aliphatic heterocycles. The molecule has 0 bridgehead atoms. The number of carbonyl (C=O) groups excluding carboxylic acids is 1. The summed E-state index contributed by atoms with van der Waals surface area (Å²) in [6, 6.07) is 2.80. The third-order valence-corrected chi connectivity index (χ3v) is 4.82. The quantitative estimate of drug-likeness (QED) is 0.888. The second-order valence-electron chi connectivity index (χ2n) is 6.23. The zero-order valence-corrected chi connectivity index (χ0v) is 12.5. The van der Waals surface area contributed by atoms with E-state index in [0.717, 1.165) is 32.0 Å². The number of nitrogens with zero attached hydrogens (tertiary/aromatic N) is 1. The topological polar surface area (TPSA) is 71.5 Å². The van der Waals surface area contributed by atoms with Crippen molar-refractivity contribution in [2.45, 2.75) is 57.2 Å². The van der Waals surface area contributed by atoms with E-state index in [-0.39, 0.29) is 11.9 Å². The molecule has 1 aromatic rings. The summed E-state index contributed by atoms with van der Waals surface area (Å²) in [5.41, 5.74) is 6.07. The van der Waals surface area contributed by atoms with Crippen LogP contribution in [0.15, 0.2) is 16.7 Å². The standard InChI is InChI=1S/C16H25N3O2/c17-10-15-9-12(11-21-15)16(20)18-13-5-7-19(8-6-13)14-3-1-2-4-14/h9,11,13-14H,1-8,10,17H2,(H,18,20). The van der Waals surface area contributed by atoms with Gasteiger partial charge in [0.25, 0.3) is 5.91 Å². The van der Waals surface area contributed by atoms with Crippen LogP contribution in [-0.2, 0) is 6.54 Å². The second kappa shape index (κ2) is 6.62. The zero-order chi connectivity index (χ0) is 14.7. The minimum absolute atomic E-state index is 0.0437. The Labute approximate surface area is 125 Å². The predicted octanol–water partition coefficient (Wildman–Crippen LogP) is 1.88. The molecule has 2 heterocycles. The third kappa shape index (κ3) is 3.47. The Bertz CT molecular complexity index is 472. The lowest BCUT2D eigenvalue weighted by Gasteiger charge is -2.36. The molecule has 2 fully saturated rings. The average molecular weight is 291 g/mol. The van der Waals surface area contributed by atoms with Gasteiger partial charge in [0.2, 0.25) is 0 Å². The molecular weight excluding hydrogens is 266 g/mol. The first kappa shape index (κ1) is 14.6. The van der Waals surface area contributed by atoms with Crippen LogP contribution in [0.25, 0.3) is 0 Å². The summed E-state index contributed by atoms with van der Waals surface area (Å²) in [5, 5.41) is 3.12. The molecule has 0 radical (unpaired) electrons. The van der Waals surface area contributed by atoms with Gasteiger partial charge in [-0.3, -0.25) is 4.79 Å². The summed E-state index contributed by atoms with van der Waals surface area (Å²) in [5.74, 6) is 0.606. The molecule has 0 atom stereocenters. The van der Waals surface area contributed by atoms with Crippen LogP contribution in [0.3, 0.4) is 0 Å². The number of rotatable bonds is 4. The van der Waals surface area contributed by atoms with Gasteiger partial charge in [0.05, 0.1) is 12.1 Å². The van der Waals surface area contributed by atoms with Crippen LogP contribution in [0.4, 0.5) is 0 Å². The number of piperidine rings is 1. The number of likely N-dealkylation sites (tertiary alicyclic amines) is 1. The smallest absolute Gasteiger partial charge is 0.254 e. The lowest BCUT2D eigenvalue weighted by molar-refractivity contribution is 0.0892. The Morgan fingerprint density at radius 2 is 2.00 bits per heavy atom. The maximum absolute atomic E-state index is 12.2. The first-order valence-corrected chi connectivity index (χ1v) is 8.08. The Hall–Kier alpha value is -1.33. The van der Waals surface area contributed by atoms with E-state index in [2.05, 4.69) is 10.2 Å². The van der Waals surface area contributed by atoms with Gasteiger partial charge in [0.15, 0.2) is 0 Å². The highest BCUT2D eigenvalue weighted by molar-refractivity contribution is 5.94. The fraction of sp³-hybridized carbons (Fsp3) is 0.688. The highest BCUT2D eigenvalue weighted by Crippen LogP contribution is 2.26. The van der Waals surface area contributed by atoms with E-state index in [0.29, 0.717) is 17.9 Å². The summed E-state index contributed by atoms with van der Waals surface area (Å²) in [4.78, 5) is 14.8. The van der Waals surface area contributed by atoms with Crippen LogP contribution < -0.4 is 11.1 Å². The molecule has 0 unspecified atom stereocenters. The molecule has 1 saturated carbocycles. The van der Waals surface area contributed by atoms with Gasteiger partial charge in [-0.15, -0.1) is 0 Å². The first-order valence-electron chi connectivity index (χ1n) is 8.08. The third-order valence-electron chi connectivity index (χ3n) is 4.82. The molecule has 21 heavy (non-hydrogen) atoms. The van der Waals surface area contributed by atoms with E-state index in [1.165, 1.54) is 31.9 Å². The summed E-state index contributed by atoms with van der Waals surface area (Å²) in [6.45, 7) is 2.54. The van der Waals surface area contributed by atoms with Gasteiger partial charge < -0.3 is 20.4 Å². The van der Waals surface area contributed by atoms with E-state index >= 15 is 0 Å². The number of hydrogen-bond donors (Lipinski definition) is 2. The molecule has 116 valence electrons. The van der Waals surface area contributed by atoms with Crippen molar-refractivity contribution in [1.82, 2.24) is 10.2 Å². The molecule has 0 aromatic carbocycles. The summed E-state index contributed by atoms with van der Waals surface area (Å²) < 4.78 is 5.21. The largest absolute Gasteiger partial charge is 0.467 e. The number of amides is 1. The van der Waals surface area contributed by atoms with Crippen molar-refractivity contribution in [2.75, 3.05) is 13.1 Å². The fourth-order valence-electron chi connectivity index (χ4n) is 3.55. The van der Waals surface area contributed by atoms with E-state index in [1.54, 1.807) is 6.07 Å². The van der Waals surface area contributed by atoms with Crippen molar-refractivity contribution in [3.8, 4) is 0 Å². The molecular formula is C16H25N3O2. The number of hydrogen-bond acceptors (Lipinski definition) is 4. The van der Waals surface area contributed by atoms with Crippen molar-refractivity contribution < 1.29 is 9.21 Å². The monoisotopic (exact) mass is 291 g/mol. The molecule has 1 saturated heterocycles. The minimum Gasteiger partial charge on any atom is -0.467 e. The van der Waals surface area contributed by atoms with Crippen molar-refractivity contribution >= 4 is 5.91 Å². The Balaban J connectivity index is 1.47. The van der Waals surface area contributed by atoms with Crippen LogP contribution in [0.2, 0.25) is 0 Å². The van der Waals surface area contributed by atoms with Crippen LogP contribution >= 0.6 is 0 Å². The second-order valence-corrected chi connectivity index (χ2v) is 6.23. The van der Waals surface area contributed by atoms with Gasteiger partial charge >= 0.3 is 0 Å². The lowest BCUT2D eigenvalue weighted by Crippen LogP contribution is -2.47. The zero-order valence-electron chi connectivity index (χ0n) is 12.5. The van der Waals surface area contributed by atoms with Gasteiger partial charge in [-0.1, -0.05) is 12.8 Å². The number of nitrogens with one attached hydrogen (secondary N) is 1.